The summed E-state index contributed by atoms with van der Waals surface area (Å²) in [6, 6.07) is 5.74. The van der Waals surface area contributed by atoms with Crippen molar-refractivity contribution in [1.29, 1.82) is 0 Å². The van der Waals surface area contributed by atoms with E-state index < -0.39 is 21.5 Å². The molecule has 1 N–H and O–H groups in total. The van der Waals surface area contributed by atoms with Crippen LogP contribution in [0.4, 0.5) is 5.13 Å². The highest BCUT2D eigenvalue weighted by Crippen LogP contribution is 2.40. The van der Waals surface area contributed by atoms with E-state index in [0.29, 0.717) is 16.1 Å². The lowest BCUT2D eigenvalue weighted by Crippen LogP contribution is -2.23. The number of hydrogen-bond acceptors (Lipinski definition) is 5. The number of rotatable bonds is 5. The molecule has 0 radical (unpaired) electrons. The first kappa shape index (κ1) is 15.5. The average molecular weight is 357 g/mol. The number of benzene rings is 1. The second-order valence-corrected chi connectivity index (χ2v) is 8.40. The number of carbonyl (C=O) groups is 1. The first-order valence-corrected chi connectivity index (χ1v) is 9.58. The van der Waals surface area contributed by atoms with Gasteiger partial charge in [-0.05, 0) is 37.1 Å². The number of halogens is 1. The Labute approximate surface area is 137 Å². The molecule has 3 rings (SSSR count). The molecule has 1 aliphatic carbocycles. The van der Waals surface area contributed by atoms with Gasteiger partial charge in [0.15, 0.2) is 15.0 Å². The van der Waals surface area contributed by atoms with Crippen molar-refractivity contribution in [2.45, 2.75) is 23.7 Å². The second kappa shape index (κ2) is 5.98. The number of thiazole rings is 1. The third kappa shape index (κ3) is 3.66. The summed E-state index contributed by atoms with van der Waals surface area (Å²) >= 11 is 7.04. The molecule has 1 aromatic heterocycles. The lowest BCUT2D eigenvalue weighted by Gasteiger charge is -2.04. The van der Waals surface area contributed by atoms with Crippen molar-refractivity contribution in [3.63, 3.8) is 0 Å². The predicted molar refractivity (Wildman–Crippen MR) is 86.2 cm³/mol. The molecule has 116 valence electrons. The summed E-state index contributed by atoms with van der Waals surface area (Å²) < 4.78 is 24.3. The molecular formula is C14H13ClN2O3S2. The molecule has 1 amide bonds. The van der Waals surface area contributed by atoms with Crippen LogP contribution in [0.5, 0.6) is 0 Å². The predicted octanol–water partition coefficient (Wildman–Crippen LogP) is 3.09. The summed E-state index contributed by atoms with van der Waals surface area (Å²) in [5.74, 6) is -0.709. The van der Waals surface area contributed by atoms with Gasteiger partial charge < -0.3 is 5.32 Å². The lowest BCUT2D eigenvalue weighted by molar-refractivity contribution is -0.113. The Morgan fingerprint density at radius 2 is 2.00 bits per heavy atom. The largest absolute Gasteiger partial charge is 0.301 e. The van der Waals surface area contributed by atoms with Gasteiger partial charge in [0.1, 0.15) is 5.75 Å². The zero-order chi connectivity index (χ0) is 15.7. The third-order valence-electron chi connectivity index (χ3n) is 3.26. The van der Waals surface area contributed by atoms with Crippen LogP contribution in [0, 0.1) is 0 Å². The summed E-state index contributed by atoms with van der Waals surface area (Å²) in [7, 11) is -3.69. The molecule has 1 aromatic carbocycles. The molecule has 1 saturated carbocycles. The second-order valence-electron chi connectivity index (χ2n) is 5.11. The topological polar surface area (TPSA) is 76.1 Å². The number of nitrogens with zero attached hydrogens (tertiary/aromatic N) is 1. The van der Waals surface area contributed by atoms with Crippen molar-refractivity contribution in [2.24, 2.45) is 0 Å². The van der Waals surface area contributed by atoms with E-state index in [2.05, 4.69) is 10.3 Å². The van der Waals surface area contributed by atoms with E-state index in [1.54, 1.807) is 0 Å². The fraction of sp³-hybridized carbons (Fsp3) is 0.286. The molecule has 5 nitrogen and oxygen atoms in total. The van der Waals surface area contributed by atoms with E-state index in [0.717, 1.165) is 18.5 Å². The zero-order valence-electron chi connectivity index (χ0n) is 11.5. The Morgan fingerprint density at radius 3 is 2.64 bits per heavy atom. The van der Waals surface area contributed by atoms with Crippen LogP contribution in [0.15, 0.2) is 34.5 Å². The van der Waals surface area contributed by atoms with Gasteiger partial charge >= 0.3 is 0 Å². The van der Waals surface area contributed by atoms with E-state index in [4.69, 9.17) is 11.6 Å². The number of hydrogen-bond donors (Lipinski definition) is 1. The lowest BCUT2D eigenvalue weighted by atomic mass is 10.3. The Kier molecular flexibility index (Phi) is 4.20. The van der Waals surface area contributed by atoms with Crippen LogP contribution in [-0.2, 0) is 14.6 Å². The molecular weight excluding hydrogens is 344 g/mol. The van der Waals surface area contributed by atoms with E-state index in [9.17, 15) is 13.2 Å². The van der Waals surface area contributed by atoms with Crippen molar-refractivity contribution in [2.75, 3.05) is 11.1 Å². The Bertz CT molecular complexity index is 796. The van der Waals surface area contributed by atoms with Crippen LogP contribution < -0.4 is 5.32 Å². The minimum atomic E-state index is -3.69. The van der Waals surface area contributed by atoms with Crippen LogP contribution in [0.25, 0.3) is 0 Å². The molecule has 0 spiro atoms. The SMILES string of the molecule is O=C(CS(=O)(=O)c1ccc(Cl)cc1)Nc1nc(C2CC2)cs1. The van der Waals surface area contributed by atoms with E-state index in [1.807, 2.05) is 5.38 Å². The Balaban J connectivity index is 1.65. The van der Waals surface area contributed by atoms with Crippen LogP contribution >= 0.6 is 22.9 Å². The number of amides is 1. The highest BCUT2D eigenvalue weighted by Gasteiger charge is 2.26. The van der Waals surface area contributed by atoms with Crippen molar-refractivity contribution >= 4 is 43.8 Å². The molecule has 0 saturated heterocycles. The number of anilines is 1. The van der Waals surface area contributed by atoms with Crippen LogP contribution in [0.1, 0.15) is 24.5 Å². The maximum atomic E-state index is 12.1. The molecule has 1 aliphatic rings. The minimum absolute atomic E-state index is 0.0739. The molecule has 22 heavy (non-hydrogen) atoms. The fourth-order valence-electron chi connectivity index (χ4n) is 1.96. The van der Waals surface area contributed by atoms with Crippen LogP contribution in [0.3, 0.4) is 0 Å². The number of sulfone groups is 1. The van der Waals surface area contributed by atoms with Gasteiger partial charge in [-0.1, -0.05) is 11.6 Å². The Morgan fingerprint density at radius 1 is 1.32 bits per heavy atom. The normalized spacial score (nSPS) is 14.8. The summed E-state index contributed by atoms with van der Waals surface area (Å²) in [5.41, 5.74) is 0.973. The molecule has 0 unspecified atom stereocenters. The molecule has 1 fully saturated rings. The summed E-state index contributed by atoms with van der Waals surface area (Å²) in [4.78, 5) is 16.3. The maximum absolute atomic E-state index is 12.1. The molecule has 2 aromatic rings. The van der Waals surface area contributed by atoms with Gasteiger partial charge in [0.05, 0.1) is 10.6 Å². The highest BCUT2D eigenvalue weighted by atomic mass is 35.5. The molecule has 0 atom stereocenters. The van der Waals surface area contributed by atoms with Crippen molar-refractivity contribution < 1.29 is 13.2 Å². The Hall–Kier alpha value is -1.44. The van der Waals surface area contributed by atoms with Gasteiger partial charge in [-0.25, -0.2) is 13.4 Å². The van der Waals surface area contributed by atoms with Gasteiger partial charge in [-0.3, -0.25) is 4.79 Å². The minimum Gasteiger partial charge on any atom is -0.301 e. The molecule has 0 aliphatic heterocycles. The van der Waals surface area contributed by atoms with Gasteiger partial charge in [0.2, 0.25) is 5.91 Å². The smallest absolute Gasteiger partial charge is 0.241 e. The van der Waals surface area contributed by atoms with Crippen LogP contribution in [0.2, 0.25) is 5.02 Å². The van der Waals surface area contributed by atoms with E-state index in [1.165, 1.54) is 35.6 Å². The van der Waals surface area contributed by atoms with Crippen molar-refractivity contribution in [3.8, 4) is 0 Å². The van der Waals surface area contributed by atoms with Gasteiger partial charge in [0, 0.05) is 16.3 Å². The van der Waals surface area contributed by atoms with E-state index >= 15 is 0 Å². The average Bonchev–Trinajstić information content (AvgIpc) is 3.20. The fourth-order valence-corrected chi connectivity index (χ4v) is 4.03. The first-order valence-electron chi connectivity index (χ1n) is 6.68. The molecule has 8 heteroatoms. The van der Waals surface area contributed by atoms with Gasteiger partial charge in [-0.2, -0.15) is 0 Å². The van der Waals surface area contributed by atoms with Crippen molar-refractivity contribution in [1.82, 2.24) is 4.98 Å². The number of aromatic nitrogens is 1. The summed E-state index contributed by atoms with van der Waals surface area (Å²) in [6.45, 7) is 0. The molecule has 1 heterocycles. The van der Waals surface area contributed by atoms with Crippen LogP contribution in [-0.4, -0.2) is 25.1 Å². The summed E-state index contributed by atoms with van der Waals surface area (Å²) in [6.07, 6.45) is 2.25. The quantitative estimate of drug-likeness (QED) is 0.893. The van der Waals surface area contributed by atoms with Gasteiger partial charge in [-0.15, -0.1) is 11.3 Å². The van der Waals surface area contributed by atoms with E-state index in [-0.39, 0.29) is 4.90 Å². The molecule has 0 bridgehead atoms. The zero-order valence-corrected chi connectivity index (χ0v) is 13.8. The van der Waals surface area contributed by atoms with Gasteiger partial charge in [0.25, 0.3) is 0 Å². The summed E-state index contributed by atoms with van der Waals surface area (Å²) in [5, 5.41) is 5.34. The number of nitrogens with one attached hydrogen (secondary N) is 1. The first-order chi connectivity index (χ1) is 10.4. The standard InChI is InChI=1S/C14H13ClN2O3S2/c15-10-3-5-11(6-4-10)22(19,20)8-13(18)17-14-16-12(7-21-14)9-1-2-9/h3-7,9H,1-2,8H2,(H,16,17,18). The monoisotopic (exact) mass is 356 g/mol. The van der Waals surface area contributed by atoms with Crippen molar-refractivity contribution in [3.05, 3.63) is 40.4 Å². The maximum Gasteiger partial charge on any atom is 0.241 e. The number of carbonyl (C=O) groups excluding carboxylic acids is 1. The highest BCUT2D eigenvalue weighted by molar-refractivity contribution is 7.92. The third-order valence-corrected chi connectivity index (χ3v) is 5.92.